The molecule has 0 saturated carbocycles. The van der Waals surface area contributed by atoms with E-state index in [-0.39, 0.29) is 5.75 Å². The molecule has 0 radical (unpaired) electrons. The van der Waals surface area contributed by atoms with Gasteiger partial charge in [-0.15, -0.1) is 0 Å². The van der Waals surface area contributed by atoms with Crippen molar-refractivity contribution in [1.82, 2.24) is 9.38 Å². The Morgan fingerprint density at radius 3 is 2.42 bits per heavy atom. The van der Waals surface area contributed by atoms with E-state index in [9.17, 15) is 5.11 Å². The quantitative estimate of drug-likeness (QED) is 0.602. The van der Waals surface area contributed by atoms with Crippen molar-refractivity contribution in [2.45, 2.75) is 0 Å². The van der Waals surface area contributed by atoms with Crippen LogP contribution in [0.3, 0.4) is 0 Å². The minimum Gasteiger partial charge on any atom is -0.507 e. The summed E-state index contributed by atoms with van der Waals surface area (Å²) in [6.07, 6.45) is 1.94. The summed E-state index contributed by atoms with van der Waals surface area (Å²) in [4.78, 5) is 4.77. The van der Waals surface area contributed by atoms with Gasteiger partial charge in [0.25, 0.3) is 0 Å². The summed E-state index contributed by atoms with van der Waals surface area (Å²) in [6.45, 7) is 0. The summed E-state index contributed by atoms with van der Waals surface area (Å²) in [6, 6.07) is 22.5. The van der Waals surface area contributed by atoms with Crippen LogP contribution in [0.15, 0.2) is 72.9 Å². The molecule has 4 rings (SSSR count). The third-order valence-electron chi connectivity index (χ3n) is 3.98. The maximum Gasteiger partial charge on any atom is 0.145 e. The molecule has 0 fully saturated rings. The van der Waals surface area contributed by atoms with E-state index >= 15 is 0 Å². The Labute approximate surface area is 138 Å². The molecule has 114 valence electrons. The van der Waals surface area contributed by atoms with Crippen LogP contribution in [0.1, 0.15) is 5.56 Å². The van der Waals surface area contributed by atoms with Gasteiger partial charge in [-0.25, -0.2) is 4.98 Å². The number of hydrogen-bond acceptors (Lipinski definition) is 3. The van der Waals surface area contributed by atoms with Gasteiger partial charge in [0.2, 0.25) is 0 Å². The largest absolute Gasteiger partial charge is 0.507 e. The first-order chi connectivity index (χ1) is 11.8. The van der Waals surface area contributed by atoms with Gasteiger partial charge in [-0.1, -0.05) is 18.2 Å². The molecule has 0 saturated heterocycles. The number of benzene rings is 2. The molecule has 0 aliphatic carbocycles. The molecule has 4 heteroatoms. The number of pyridine rings is 1. The molecule has 0 aliphatic heterocycles. The van der Waals surface area contributed by atoms with E-state index in [2.05, 4.69) is 6.07 Å². The van der Waals surface area contributed by atoms with Gasteiger partial charge in [-0.05, 0) is 48.5 Å². The maximum atomic E-state index is 10.2. The highest BCUT2D eigenvalue weighted by molar-refractivity contribution is 5.84. The second kappa shape index (κ2) is 5.56. The molecular weight excluding hydrogens is 298 g/mol. The average Bonchev–Trinajstić information content (AvgIpc) is 3.02. The smallest absolute Gasteiger partial charge is 0.145 e. The van der Waals surface area contributed by atoms with Crippen LogP contribution in [0.5, 0.6) is 5.75 Å². The van der Waals surface area contributed by atoms with Crippen LogP contribution >= 0.6 is 0 Å². The van der Waals surface area contributed by atoms with Crippen LogP contribution in [0.4, 0.5) is 0 Å². The van der Waals surface area contributed by atoms with E-state index in [0.717, 1.165) is 22.6 Å². The molecule has 1 N–H and O–H groups in total. The Hall–Kier alpha value is -3.58. The first kappa shape index (κ1) is 14.0. The Kier molecular flexibility index (Phi) is 3.25. The summed E-state index contributed by atoms with van der Waals surface area (Å²) < 4.78 is 1.99. The van der Waals surface area contributed by atoms with Crippen molar-refractivity contribution in [2.24, 2.45) is 0 Å². The van der Waals surface area contributed by atoms with Gasteiger partial charge in [-0.2, -0.15) is 5.26 Å². The maximum absolute atomic E-state index is 10.2. The van der Waals surface area contributed by atoms with Crippen LogP contribution < -0.4 is 0 Å². The van der Waals surface area contributed by atoms with Crippen LogP contribution in [-0.4, -0.2) is 14.5 Å². The molecule has 2 aromatic heterocycles. The standard InChI is InChI=1S/C20H13N3O/c21-13-14-8-10-15(11-9-14)20-22-19(16-5-1-2-7-18(16)24)17-6-3-4-12-23(17)20/h1-12,24H. The van der Waals surface area contributed by atoms with Crippen LogP contribution in [0.25, 0.3) is 28.2 Å². The van der Waals surface area contributed by atoms with Crippen LogP contribution in [0.2, 0.25) is 0 Å². The first-order valence-corrected chi connectivity index (χ1v) is 7.54. The first-order valence-electron chi connectivity index (χ1n) is 7.54. The monoisotopic (exact) mass is 311 g/mol. The fraction of sp³-hybridized carbons (Fsp3) is 0. The third kappa shape index (κ3) is 2.20. The number of fused-ring (bicyclic) bond motifs is 1. The number of phenolic OH excluding ortho intramolecular Hbond substituents is 1. The van der Waals surface area contributed by atoms with Crippen molar-refractivity contribution >= 4 is 5.52 Å². The molecule has 4 nitrogen and oxygen atoms in total. The second-order valence-electron chi connectivity index (χ2n) is 5.45. The lowest BCUT2D eigenvalue weighted by atomic mass is 10.1. The van der Waals surface area contributed by atoms with Gasteiger partial charge in [0.1, 0.15) is 17.3 Å². The van der Waals surface area contributed by atoms with Gasteiger partial charge in [-0.3, -0.25) is 4.40 Å². The molecule has 0 unspecified atom stereocenters. The van der Waals surface area contributed by atoms with Gasteiger partial charge < -0.3 is 5.11 Å². The van der Waals surface area contributed by atoms with Gasteiger partial charge >= 0.3 is 0 Å². The number of nitriles is 1. The molecule has 0 aliphatic rings. The fourth-order valence-electron chi connectivity index (χ4n) is 2.81. The Balaban J connectivity index is 1.98. The van der Waals surface area contributed by atoms with E-state index in [1.807, 2.05) is 53.1 Å². The Morgan fingerprint density at radius 2 is 1.67 bits per heavy atom. The third-order valence-corrected chi connectivity index (χ3v) is 3.98. The fourth-order valence-corrected chi connectivity index (χ4v) is 2.81. The molecule has 0 amide bonds. The lowest BCUT2D eigenvalue weighted by molar-refractivity contribution is 0.477. The number of hydrogen-bond donors (Lipinski definition) is 1. The number of para-hydroxylation sites is 1. The topological polar surface area (TPSA) is 61.3 Å². The molecule has 4 aromatic rings. The lowest BCUT2D eigenvalue weighted by Gasteiger charge is -2.01. The predicted octanol–water partition coefficient (Wildman–Crippen LogP) is 4.25. The van der Waals surface area contributed by atoms with Gasteiger partial charge in [0, 0.05) is 17.3 Å². The number of imidazole rings is 1. The summed E-state index contributed by atoms with van der Waals surface area (Å²) in [5.74, 6) is 0.973. The number of phenols is 1. The molecular formula is C20H13N3O. The predicted molar refractivity (Wildman–Crippen MR) is 92.4 cm³/mol. The molecule has 0 atom stereocenters. The normalized spacial score (nSPS) is 10.6. The highest BCUT2D eigenvalue weighted by Crippen LogP contribution is 2.34. The van der Waals surface area contributed by atoms with Crippen molar-refractivity contribution < 1.29 is 5.11 Å². The van der Waals surface area contributed by atoms with E-state index in [0.29, 0.717) is 11.1 Å². The van der Waals surface area contributed by atoms with Crippen molar-refractivity contribution in [1.29, 1.82) is 5.26 Å². The van der Waals surface area contributed by atoms with Gasteiger partial charge in [0.05, 0.1) is 17.1 Å². The summed E-state index contributed by atoms with van der Waals surface area (Å²) in [7, 11) is 0. The number of nitrogens with zero attached hydrogens (tertiary/aromatic N) is 3. The lowest BCUT2D eigenvalue weighted by Crippen LogP contribution is -1.88. The molecule has 2 heterocycles. The van der Waals surface area contributed by atoms with E-state index in [4.69, 9.17) is 10.2 Å². The van der Waals surface area contributed by atoms with Gasteiger partial charge in [0.15, 0.2) is 0 Å². The van der Waals surface area contributed by atoms with Crippen LogP contribution in [0, 0.1) is 11.3 Å². The number of aromatic hydroxyl groups is 1. The zero-order valence-electron chi connectivity index (χ0n) is 12.7. The van der Waals surface area contributed by atoms with E-state index in [1.165, 1.54) is 0 Å². The average molecular weight is 311 g/mol. The molecule has 0 spiro atoms. The molecule has 0 bridgehead atoms. The summed E-state index contributed by atoms with van der Waals surface area (Å²) in [5.41, 5.74) is 3.87. The SMILES string of the molecule is N#Cc1ccc(-c2nc(-c3ccccc3O)c3ccccn23)cc1. The van der Waals surface area contributed by atoms with Crippen molar-refractivity contribution in [2.75, 3.05) is 0 Å². The highest BCUT2D eigenvalue weighted by atomic mass is 16.3. The number of rotatable bonds is 2. The molecule has 2 aromatic carbocycles. The minimum atomic E-state index is 0.202. The van der Waals surface area contributed by atoms with Crippen LogP contribution in [-0.2, 0) is 0 Å². The summed E-state index contributed by atoms with van der Waals surface area (Å²) >= 11 is 0. The zero-order valence-corrected chi connectivity index (χ0v) is 12.7. The highest BCUT2D eigenvalue weighted by Gasteiger charge is 2.15. The van der Waals surface area contributed by atoms with Crippen molar-refractivity contribution in [3.63, 3.8) is 0 Å². The number of aromatic nitrogens is 2. The second-order valence-corrected chi connectivity index (χ2v) is 5.45. The Bertz CT molecular complexity index is 1070. The van der Waals surface area contributed by atoms with E-state index in [1.54, 1.807) is 24.3 Å². The summed E-state index contributed by atoms with van der Waals surface area (Å²) in [5, 5.41) is 19.1. The van der Waals surface area contributed by atoms with Crippen molar-refractivity contribution in [3.8, 4) is 34.5 Å². The van der Waals surface area contributed by atoms with E-state index < -0.39 is 0 Å². The molecule has 24 heavy (non-hydrogen) atoms. The Morgan fingerprint density at radius 1 is 0.917 bits per heavy atom. The van der Waals surface area contributed by atoms with Crippen molar-refractivity contribution in [3.05, 3.63) is 78.5 Å². The minimum absolute atomic E-state index is 0.202. The zero-order chi connectivity index (χ0) is 16.5.